The highest BCUT2D eigenvalue weighted by atomic mass is 79.9. The Morgan fingerprint density at radius 2 is 2.00 bits per heavy atom. The van der Waals surface area contributed by atoms with Gasteiger partial charge in [0.05, 0.1) is 12.5 Å². The third-order valence-corrected chi connectivity index (χ3v) is 2.69. The van der Waals surface area contributed by atoms with Crippen molar-refractivity contribution >= 4 is 27.8 Å². The van der Waals surface area contributed by atoms with Crippen LogP contribution in [0.5, 0.6) is 0 Å². The molecule has 1 aromatic rings. The average Bonchev–Trinajstić information content (AvgIpc) is 2.26. The van der Waals surface area contributed by atoms with Gasteiger partial charge in [-0.3, -0.25) is 9.59 Å². The number of benzene rings is 1. The number of halogens is 4. The predicted molar refractivity (Wildman–Crippen MR) is 63.3 cm³/mol. The Hall–Kier alpha value is -1.57. The SMILES string of the molecule is O=C(O)C[C@@H](NC(=O)C(F)(F)F)c1cccc(Br)c1. The number of rotatable bonds is 4. The lowest BCUT2D eigenvalue weighted by Crippen LogP contribution is -2.39. The molecule has 1 aromatic carbocycles. The van der Waals surface area contributed by atoms with Crippen LogP contribution in [-0.4, -0.2) is 23.2 Å². The largest absolute Gasteiger partial charge is 0.481 e. The van der Waals surface area contributed by atoms with Crippen LogP contribution in [0.25, 0.3) is 0 Å². The molecule has 0 aliphatic rings. The van der Waals surface area contributed by atoms with E-state index in [-0.39, 0.29) is 5.56 Å². The Bertz CT molecular complexity index is 490. The molecule has 1 atom stereocenters. The second-order valence-electron chi connectivity index (χ2n) is 3.68. The molecule has 4 nitrogen and oxygen atoms in total. The Balaban J connectivity index is 2.96. The molecule has 0 radical (unpaired) electrons. The molecule has 0 aliphatic heterocycles. The van der Waals surface area contributed by atoms with Crippen molar-refractivity contribution in [1.29, 1.82) is 0 Å². The molecule has 0 fully saturated rings. The van der Waals surface area contributed by atoms with Gasteiger partial charge < -0.3 is 10.4 Å². The van der Waals surface area contributed by atoms with Crippen LogP contribution in [0.2, 0.25) is 0 Å². The van der Waals surface area contributed by atoms with Gasteiger partial charge in [0.1, 0.15) is 0 Å². The van der Waals surface area contributed by atoms with Crippen molar-refractivity contribution in [2.24, 2.45) is 0 Å². The Labute approximate surface area is 114 Å². The number of carboxylic acids is 1. The molecule has 0 bridgehead atoms. The first kappa shape index (κ1) is 15.5. The molecule has 0 saturated heterocycles. The number of carboxylic acid groups (broad SMARTS) is 1. The first-order chi connectivity index (χ1) is 8.70. The minimum absolute atomic E-state index is 0.273. The van der Waals surface area contributed by atoms with Gasteiger partial charge in [-0.25, -0.2) is 0 Å². The first-order valence-electron chi connectivity index (χ1n) is 5.05. The minimum Gasteiger partial charge on any atom is -0.481 e. The molecule has 0 saturated carbocycles. The van der Waals surface area contributed by atoms with E-state index in [0.717, 1.165) is 0 Å². The van der Waals surface area contributed by atoms with Gasteiger partial charge in [-0.2, -0.15) is 13.2 Å². The molecule has 0 unspecified atom stereocenters. The van der Waals surface area contributed by atoms with Crippen molar-refractivity contribution in [3.05, 3.63) is 34.3 Å². The molecule has 2 N–H and O–H groups in total. The standard InChI is InChI=1S/C11H9BrF3NO3/c12-7-3-1-2-6(4-7)8(5-9(17)18)16-10(19)11(13,14)15/h1-4,8H,5H2,(H,16,19)(H,17,18)/t8-/m1/s1. The average molecular weight is 340 g/mol. The number of carbonyl (C=O) groups is 2. The van der Waals surface area contributed by atoms with E-state index >= 15 is 0 Å². The summed E-state index contributed by atoms with van der Waals surface area (Å²) >= 11 is 3.12. The van der Waals surface area contributed by atoms with Crippen LogP contribution in [0, 0.1) is 0 Å². The summed E-state index contributed by atoms with van der Waals surface area (Å²) < 4.78 is 37.1. The number of nitrogens with one attached hydrogen (secondary N) is 1. The van der Waals surface area contributed by atoms with Crippen molar-refractivity contribution in [1.82, 2.24) is 5.32 Å². The fraction of sp³-hybridized carbons (Fsp3) is 0.273. The highest BCUT2D eigenvalue weighted by Gasteiger charge is 2.40. The summed E-state index contributed by atoms with van der Waals surface area (Å²) in [6.45, 7) is 0. The minimum atomic E-state index is -5.05. The molecule has 0 heterocycles. The molecule has 1 rings (SSSR count). The monoisotopic (exact) mass is 339 g/mol. The quantitative estimate of drug-likeness (QED) is 0.886. The van der Waals surface area contributed by atoms with E-state index in [1.807, 2.05) is 0 Å². The van der Waals surface area contributed by atoms with Crippen molar-refractivity contribution in [3.8, 4) is 0 Å². The highest BCUT2D eigenvalue weighted by molar-refractivity contribution is 9.10. The van der Waals surface area contributed by atoms with Gasteiger partial charge in [-0.05, 0) is 17.7 Å². The number of alkyl halides is 3. The van der Waals surface area contributed by atoms with Gasteiger partial charge in [0.25, 0.3) is 0 Å². The van der Waals surface area contributed by atoms with Gasteiger partial charge in [0.15, 0.2) is 0 Å². The smallest absolute Gasteiger partial charge is 0.471 e. The second kappa shape index (κ2) is 6.05. The summed E-state index contributed by atoms with van der Waals surface area (Å²) in [5.74, 6) is -3.48. The summed E-state index contributed by atoms with van der Waals surface area (Å²) in [5.41, 5.74) is 0.273. The Kier molecular flexibility index (Phi) is 4.93. The maximum Gasteiger partial charge on any atom is 0.471 e. The lowest BCUT2D eigenvalue weighted by atomic mass is 10.0. The van der Waals surface area contributed by atoms with E-state index in [4.69, 9.17) is 5.11 Å². The summed E-state index contributed by atoms with van der Waals surface area (Å²) in [4.78, 5) is 21.5. The van der Waals surface area contributed by atoms with E-state index in [0.29, 0.717) is 4.47 Å². The summed E-state index contributed by atoms with van der Waals surface area (Å²) in [6, 6.07) is 4.81. The van der Waals surface area contributed by atoms with Crippen LogP contribution in [0.3, 0.4) is 0 Å². The van der Waals surface area contributed by atoms with Gasteiger partial charge in [-0.15, -0.1) is 0 Å². The van der Waals surface area contributed by atoms with Crippen LogP contribution < -0.4 is 5.32 Å². The lowest BCUT2D eigenvalue weighted by Gasteiger charge is -2.18. The van der Waals surface area contributed by atoms with E-state index < -0.39 is 30.5 Å². The lowest BCUT2D eigenvalue weighted by molar-refractivity contribution is -0.174. The summed E-state index contributed by atoms with van der Waals surface area (Å²) in [6.07, 6.45) is -5.69. The molecular weight excluding hydrogens is 331 g/mol. The van der Waals surface area contributed by atoms with Crippen molar-refractivity contribution < 1.29 is 27.9 Å². The number of hydrogen-bond acceptors (Lipinski definition) is 2. The van der Waals surface area contributed by atoms with E-state index in [2.05, 4.69) is 15.9 Å². The third-order valence-electron chi connectivity index (χ3n) is 2.19. The van der Waals surface area contributed by atoms with Crippen molar-refractivity contribution in [2.45, 2.75) is 18.6 Å². The van der Waals surface area contributed by atoms with Crippen LogP contribution in [0.1, 0.15) is 18.0 Å². The topological polar surface area (TPSA) is 66.4 Å². The molecule has 0 spiro atoms. The zero-order valence-corrected chi connectivity index (χ0v) is 11.0. The van der Waals surface area contributed by atoms with E-state index in [1.165, 1.54) is 18.2 Å². The van der Waals surface area contributed by atoms with E-state index in [9.17, 15) is 22.8 Å². The van der Waals surface area contributed by atoms with Gasteiger partial charge >= 0.3 is 18.1 Å². The summed E-state index contributed by atoms with van der Waals surface area (Å²) in [7, 11) is 0. The number of aliphatic carboxylic acids is 1. The van der Waals surface area contributed by atoms with Gasteiger partial charge in [0.2, 0.25) is 0 Å². The van der Waals surface area contributed by atoms with E-state index in [1.54, 1.807) is 11.4 Å². The predicted octanol–water partition coefficient (Wildman–Crippen LogP) is 2.64. The molecule has 19 heavy (non-hydrogen) atoms. The van der Waals surface area contributed by atoms with Gasteiger partial charge in [0, 0.05) is 4.47 Å². The normalized spacial score (nSPS) is 12.8. The molecular formula is C11H9BrF3NO3. The molecule has 8 heteroatoms. The number of hydrogen-bond donors (Lipinski definition) is 2. The third kappa shape index (κ3) is 4.90. The van der Waals surface area contributed by atoms with Gasteiger partial charge in [-0.1, -0.05) is 28.1 Å². The Morgan fingerprint density at radius 3 is 2.47 bits per heavy atom. The fourth-order valence-electron chi connectivity index (χ4n) is 1.39. The highest BCUT2D eigenvalue weighted by Crippen LogP contribution is 2.23. The maximum atomic E-state index is 12.2. The molecule has 0 aromatic heterocycles. The second-order valence-corrected chi connectivity index (χ2v) is 4.59. The molecule has 0 aliphatic carbocycles. The number of carbonyl (C=O) groups excluding carboxylic acids is 1. The zero-order valence-electron chi connectivity index (χ0n) is 9.37. The van der Waals surface area contributed by atoms with Crippen LogP contribution in [0.15, 0.2) is 28.7 Å². The fourth-order valence-corrected chi connectivity index (χ4v) is 1.81. The van der Waals surface area contributed by atoms with Crippen molar-refractivity contribution in [2.75, 3.05) is 0 Å². The van der Waals surface area contributed by atoms with Crippen LogP contribution >= 0.6 is 15.9 Å². The molecule has 1 amide bonds. The summed E-state index contributed by atoms with van der Waals surface area (Å²) in [5, 5.41) is 10.4. The maximum absolute atomic E-state index is 12.2. The number of amides is 1. The molecule has 104 valence electrons. The zero-order chi connectivity index (χ0) is 14.6. The first-order valence-corrected chi connectivity index (χ1v) is 5.84. The Morgan fingerprint density at radius 1 is 1.37 bits per heavy atom. The van der Waals surface area contributed by atoms with Crippen molar-refractivity contribution in [3.63, 3.8) is 0 Å². The van der Waals surface area contributed by atoms with Crippen LogP contribution in [0.4, 0.5) is 13.2 Å². The van der Waals surface area contributed by atoms with Crippen LogP contribution in [-0.2, 0) is 9.59 Å².